The van der Waals surface area contributed by atoms with Crippen LogP contribution in [0.1, 0.15) is 11.6 Å². The molecule has 1 unspecified atom stereocenters. The second-order valence-electron chi connectivity index (χ2n) is 2.44. The number of pyridine rings is 1. The first kappa shape index (κ1) is 6.97. The van der Waals surface area contributed by atoms with Gasteiger partial charge in [-0.25, -0.2) is 4.98 Å². The van der Waals surface area contributed by atoms with Gasteiger partial charge in [0.2, 0.25) is 0 Å². The Labute approximate surface area is 69.3 Å². The molecule has 0 saturated heterocycles. The highest BCUT2D eigenvalue weighted by molar-refractivity contribution is 5.83. The summed E-state index contributed by atoms with van der Waals surface area (Å²) in [6.45, 7) is 0. The molecule has 4 nitrogen and oxygen atoms in total. The van der Waals surface area contributed by atoms with Gasteiger partial charge in [0.05, 0.1) is 6.34 Å². The predicted octanol–water partition coefficient (Wildman–Crippen LogP) is 0.775. The lowest BCUT2D eigenvalue weighted by atomic mass is 10.1. The van der Waals surface area contributed by atoms with Crippen LogP contribution in [0.4, 0.5) is 5.82 Å². The number of fused-ring (bicyclic) bond motifs is 1. The van der Waals surface area contributed by atoms with Crippen LogP contribution in [0.15, 0.2) is 23.3 Å². The summed E-state index contributed by atoms with van der Waals surface area (Å²) in [5.41, 5.74) is 0.829. The first-order chi connectivity index (χ1) is 5.92. The Balaban J connectivity index is 2.49. The molecule has 0 saturated carbocycles. The van der Waals surface area contributed by atoms with Crippen LogP contribution in [0.25, 0.3) is 0 Å². The molecule has 2 heterocycles. The van der Waals surface area contributed by atoms with Crippen molar-refractivity contribution in [1.82, 2.24) is 4.98 Å². The van der Waals surface area contributed by atoms with Gasteiger partial charge in [-0.3, -0.25) is 4.99 Å². The number of carbonyl (C=O) groups excluding carboxylic acids is 1. The summed E-state index contributed by atoms with van der Waals surface area (Å²) in [6, 6.07) is 3.23. The quantitative estimate of drug-likeness (QED) is 0.619. The van der Waals surface area contributed by atoms with Crippen LogP contribution < -0.4 is 5.32 Å². The third kappa shape index (κ3) is 0.972. The molecular formula is C8H7N3O. The smallest absolute Gasteiger partial charge is 0.149 e. The first-order valence-corrected chi connectivity index (χ1v) is 3.60. The molecule has 1 aliphatic heterocycles. The lowest BCUT2D eigenvalue weighted by Gasteiger charge is -2.14. The van der Waals surface area contributed by atoms with Gasteiger partial charge in [-0.05, 0) is 6.07 Å². The van der Waals surface area contributed by atoms with Crippen LogP contribution in [-0.4, -0.2) is 17.6 Å². The molecule has 0 spiro atoms. The van der Waals surface area contributed by atoms with Gasteiger partial charge in [-0.15, -0.1) is 0 Å². The van der Waals surface area contributed by atoms with E-state index in [1.165, 1.54) is 6.34 Å². The molecule has 60 valence electrons. The number of hydrogen-bond donors (Lipinski definition) is 1. The van der Waals surface area contributed by atoms with Gasteiger partial charge in [-0.2, -0.15) is 0 Å². The Morgan fingerprint density at radius 3 is 3.33 bits per heavy atom. The average molecular weight is 161 g/mol. The number of nitrogens with zero attached hydrogens (tertiary/aromatic N) is 2. The molecule has 12 heavy (non-hydrogen) atoms. The molecule has 0 bridgehead atoms. The van der Waals surface area contributed by atoms with Gasteiger partial charge >= 0.3 is 0 Å². The molecule has 0 amide bonds. The van der Waals surface area contributed by atoms with Crippen molar-refractivity contribution in [2.45, 2.75) is 6.04 Å². The van der Waals surface area contributed by atoms with E-state index in [1.54, 1.807) is 12.3 Å². The van der Waals surface area contributed by atoms with Crippen molar-refractivity contribution in [1.29, 1.82) is 0 Å². The van der Waals surface area contributed by atoms with E-state index in [-0.39, 0.29) is 0 Å². The minimum Gasteiger partial charge on any atom is -0.331 e. The molecule has 0 radical (unpaired) electrons. The molecule has 1 aromatic heterocycles. The number of aldehydes is 1. The number of nitrogens with one attached hydrogen (secondary N) is 1. The lowest BCUT2D eigenvalue weighted by Crippen LogP contribution is -2.12. The third-order valence-electron chi connectivity index (χ3n) is 1.72. The Bertz CT molecular complexity index is 335. The molecule has 4 heteroatoms. The van der Waals surface area contributed by atoms with Crippen molar-refractivity contribution in [3.8, 4) is 0 Å². The Hall–Kier alpha value is -1.71. The summed E-state index contributed by atoms with van der Waals surface area (Å²) in [5, 5.41) is 2.87. The largest absolute Gasteiger partial charge is 0.331 e. The number of rotatable bonds is 1. The fourth-order valence-electron chi connectivity index (χ4n) is 1.14. The normalized spacial score (nSPS) is 19.5. The summed E-state index contributed by atoms with van der Waals surface area (Å²) in [6.07, 6.45) is 3.97. The Kier molecular flexibility index (Phi) is 1.59. The molecular weight excluding hydrogens is 154 g/mol. The van der Waals surface area contributed by atoms with Crippen LogP contribution in [-0.2, 0) is 4.79 Å². The van der Waals surface area contributed by atoms with Gasteiger partial charge < -0.3 is 10.1 Å². The highest BCUT2D eigenvalue weighted by Gasteiger charge is 2.15. The van der Waals surface area contributed by atoms with Crippen LogP contribution in [0, 0.1) is 0 Å². The standard InChI is InChI=1S/C8H7N3O/c12-4-7-6-2-1-3-9-8(6)11-5-10-7/h1-5,7H,(H,9,10,11). The molecule has 0 aliphatic carbocycles. The molecule has 1 N–H and O–H groups in total. The van der Waals surface area contributed by atoms with Crippen molar-refractivity contribution < 1.29 is 4.79 Å². The maximum Gasteiger partial charge on any atom is 0.149 e. The summed E-state index contributed by atoms with van der Waals surface area (Å²) in [7, 11) is 0. The van der Waals surface area contributed by atoms with Gasteiger partial charge in [0.25, 0.3) is 0 Å². The monoisotopic (exact) mass is 161 g/mol. The van der Waals surface area contributed by atoms with E-state index in [1.807, 2.05) is 6.07 Å². The minimum absolute atomic E-state index is 0.394. The zero-order valence-electron chi connectivity index (χ0n) is 6.27. The molecule has 1 aromatic rings. The highest BCUT2D eigenvalue weighted by Crippen LogP contribution is 2.23. The van der Waals surface area contributed by atoms with Crippen molar-refractivity contribution in [3.05, 3.63) is 23.9 Å². The van der Waals surface area contributed by atoms with E-state index in [0.29, 0.717) is 5.82 Å². The van der Waals surface area contributed by atoms with E-state index in [2.05, 4.69) is 15.3 Å². The Morgan fingerprint density at radius 2 is 2.50 bits per heavy atom. The van der Waals surface area contributed by atoms with E-state index < -0.39 is 6.04 Å². The summed E-state index contributed by atoms with van der Waals surface area (Å²) < 4.78 is 0. The maximum atomic E-state index is 10.6. The lowest BCUT2D eigenvalue weighted by molar-refractivity contribution is -0.108. The minimum atomic E-state index is -0.394. The number of carbonyl (C=O) groups is 1. The SMILES string of the molecule is O=CC1N=CNc2ncccc21. The van der Waals surface area contributed by atoms with Crippen LogP contribution in [0.3, 0.4) is 0 Å². The summed E-state index contributed by atoms with van der Waals surface area (Å²) >= 11 is 0. The Morgan fingerprint density at radius 1 is 1.58 bits per heavy atom. The van der Waals surface area contributed by atoms with Gasteiger partial charge in [0.1, 0.15) is 18.1 Å². The fraction of sp³-hybridized carbons (Fsp3) is 0.125. The number of anilines is 1. The second-order valence-corrected chi connectivity index (χ2v) is 2.44. The molecule has 0 fully saturated rings. The van der Waals surface area contributed by atoms with E-state index in [4.69, 9.17) is 0 Å². The van der Waals surface area contributed by atoms with Crippen molar-refractivity contribution in [2.75, 3.05) is 5.32 Å². The highest BCUT2D eigenvalue weighted by atomic mass is 16.1. The molecule has 1 aliphatic rings. The summed E-state index contributed by atoms with van der Waals surface area (Å²) in [5.74, 6) is 0.713. The van der Waals surface area contributed by atoms with Crippen molar-refractivity contribution in [2.24, 2.45) is 4.99 Å². The third-order valence-corrected chi connectivity index (χ3v) is 1.72. The molecule has 0 aromatic carbocycles. The number of aliphatic imine (C=N–C) groups is 1. The summed E-state index contributed by atoms with van der Waals surface area (Å²) in [4.78, 5) is 18.6. The first-order valence-electron chi connectivity index (χ1n) is 3.60. The van der Waals surface area contributed by atoms with Crippen molar-refractivity contribution >= 4 is 18.4 Å². The van der Waals surface area contributed by atoms with Gasteiger partial charge in [0.15, 0.2) is 0 Å². The van der Waals surface area contributed by atoms with Gasteiger partial charge in [-0.1, -0.05) is 6.07 Å². The number of aromatic nitrogens is 1. The zero-order chi connectivity index (χ0) is 8.39. The molecule has 2 rings (SSSR count). The van der Waals surface area contributed by atoms with Crippen molar-refractivity contribution in [3.63, 3.8) is 0 Å². The maximum absolute atomic E-state index is 10.6. The fourth-order valence-corrected chi connectivity index (χ4v) is 1.14. The van der Waals surface area contributed by atoms with E-state index >= 15 is 0 Å². The number of hydrogen-bond acceptors (Lipinski definition) is 4. The zero-order valence-corrected chi connectivity index (χ0v) is 6.27. The topological polar surface area (TPSA) is 54.4 Å². The second kappa shape index (κ2) is 2.73. The molecule has 1 atom stereocenters. The van der Waals surface area contributed by atoms with Crippen LogP contribution in [0.2, 0.25) is 0 Å². The van der Waals surface area contributed by atoms with E-state index in [9.17, 15) is 4.79 Å². The van der Waals surface area contributed by atoms with E-state index in [0.717, 1.165) is 11.8 Å². The van der Waals surface area contributed by atoms with Crippen LogP contribution in [0.5, 0.6) is 0 Å². The van der Waals surface area contributed by atoms with Gasteiger partial charge in [0, 0.05) is 11.8 Å². The average Bonchev–Trinajstić information content (AvgIpc) is 2.17. The van der Waals surface area contributed by atoms with Crippen LogP contribution >= 0.6 is 0 Å². The predicted molar refractivity (Wildman–Crippen MR) is 45.2 cm³/mol.